The third kappa shape index (κ3) is 4.08. The molecule has 3 rings (SSSR count). The van der Waals surface area contributed by atoms with Gasteiger partial charge in [-0.1, -0.05) is 5.10 Å². The van der Waals surface area contributed by atoms with Crippen molar-refractivity contribution in [2.24, 2.45) is 15.8 Å². The van der Waals surface area contributed by atoms with E-state index in [1.165, 1.54) is 30.9 Å². The predicted molar refractivity (Wildman–Crippen MR) is 104 cm³/mol. The van der Waals surface area contributed by atoms with Crippen LogP contribution in [0.3, 0.4) is 0 Å². The van der Waals surface area contributed by atoms with Crippen molar-refractivity contribution < 1.29 is 14.6 Å². The lowest BCUT2D eigenvalue weighted by Gasteiger charge is -2.29. The Labute approximate surface area is 152 Å². The van der Waals surface area contributed by atoms with E-state index in [9.17, 15) is 4.79 Å². The van der Waals surface area contributed by atoms with Crippen molar-refractivity contribution in [2.45, 2.75) is 26.2 Å². The minimum atomic E-state index is -0.152. The Morgan fingerprint density at radius 2 is 2.15 bits per heavy atom. The van der Waals surface area contributed by atoms with Crippen LogP contribution in [0.25, 0.3) is 0 Å². The molecule has 26 heavy (non-hydrogen) atoms. The number of nitrogens with one attached hydrogen (secondary N) is 1. The maximum absolute atomic E-state index is 11.6. The fourth-order valence-electron chi connectivity index (χ4n) is 3.13. The molecule has 1 saturated heterocycles. The third-order valence-electron chi connectivity index (χ3n) is 4.42. The van der Waals surface area contributed by atoms with Gasteiger partial charge >= 0.3 is 5.84 Å². The van der Waals surface area contributed by atoms with Crippen LogP contribution < -0.4 is 16.0 Å². The number of amidine groups is 1. The zero-order valence-corrected chi connectivity index (χ0v) is 15.0. The monoisotopic (exact) mass is 357 g/mol. The van der Waals surface area contributed by atoms with Crippen molar-refractivity contribution in [3.05, 3.63) is 18.2 Å². The quantitative estimate of drug-likeness (QED) is 0.685. The lowest BCUT2D eigenvalue weighted by atomic mass is 10.1. The molecule has 0 unspecified atom stereocenters. The van der Waals surface area contributed by atoms with Gasteiger partial charge in [0, 0.05) is 25.7 Å². The van der Waals surface area contributed by atoms with Crippen LogP contribution >= 0.6 is 0 Å². The second-order valence-electron chi connectivity index (χ2n) is 6.40. The van der Waals surface area contributed by atoms with Gasteiger partial charge in [0.2, 0.25) is 5.91 Å². The summed E-state index contributed by atoms with van der Waals surface area (Å²) < 4.78 is 1.50. The second kappa shape index (κ2) is 8.09. The number of β-amino-alcohol motifs (C(OH)–C–C–N with tert-alkyl or cyclic N) is 1. The maximum atomic E-state index is 11.6. The van der Waals surface area contributed by atoms with E-state index in [2.05, 4.69) is 20.3 Å². The fraction of sp³-hybridized carbons (Fsp3) is 0.444. The first-order valence-corrected chi connectivity index (χ1v) is 8.89. The average molecular weight is 357 g/mol. The number of hydrogen-bond acceptors (Lipinski definition) is 6. The molecule has 1 amide bonds. The van der Waals surface area contributed by atoms with Gasteiger partial charge in [-0.25, -0.2) is 4.99 Å². The predicted octanol–water partition coefficient (Wildman–Crippen LogP) is 1.07. The number of aliphatic hydroxyl groups excluding tert-OH is 1. The summed E-state index contributed by atoms with van der Waals surface area (Å²) in [7, 11) is 0. The fourth-order valence-corrected chi connectivity index (χ4v) is 3.13. The number of anilines is 2. The Bertz CT molecular complexity index is 778. The van der Waals surface area contributed by atoms with E-state index in [4.69, 9.17) is 10.8 Å². The van der Waals surface area contributed by atoms with Crippen LogP contribution in [0.1, 0.15) is 26.2 Å². The first-order chi connectivity index (χ1) is 12.6. The molecule has 8 heteroatoms. The maximum Gasteiger partial charge on any atom is 0.321 e. The Morgan fingerprint density at radius 3 is 2.85 bits per heavy atom. The minimum absolute atomic E-state index is 0.0486. The average Bonchev–Trinajstić information content (AvgIpc) is 2.97. The number of rotatable bonds is 5. The smallest absolute Gasteiger partial charge is 0.321 e. The third-order valence-corrected chi connectivity index (χ3v) is 4.42. The van der Waals surface area contributed by atoms with E-state index in [0.29, 0.717) is 29.5 Å². The molecule has 2 aliphatic heterocycles. The van der Waals surface area contributed by atoms with Gasteiger partial charge in [0.05, 0.1) is 18.0 Å². The van der Waals surface area contributed by atoms with Crippen LogP contribution in [-0.2, 0) is 4.79 Å². The normalized spacial score (nSPS) is 18.7. The summed E-state index contributed by atoms with van der Waals surface area (Å²) in [5, 5.41) is 16.0. The number of nitrogens with zero attached hydrogens (tertiary/aromatic N) is 4. The molecular weight excluding hydrogens is 332 g/mol. The van der Waals surface area contributed by atoms with Gasteiger partial charge in [-0.2, -0.15) is 0 Å². The van der Waals surface area contributed by atoms with Gasteiger partial charge in [0.25, 0.3) is 0 Å². The van der Waals surface area contributed by atoms with Gasteiger partial charge in [0.15, 0.2) is 5.71 Å². The zero-order valence-electron chi connectivity index (χ0n) is 15.0. The number of piperidine rings is 1. The minimum Gasteiger partial charge on any atom is -0.392 e. The molecule has 0 atom stereocenters. The molecule has 1 fully saturated rings. The van der Waals surface area contributed by atoms with Crippen molar-refractivity contribution in [3.63, 3.8) is 0 Å². The van der Waals surface area contributed by atoms with E-state index in [1.807, 2.05) is 18.2 Å². The van der Waals surface area contributed by atoms with Crippen LogP contribution in [0, 0.1) is 0 Å². The molecule has 0 radical (unpaired) electrons. The van der Waals surface area contributed by atoms with Crippen LogP contribution in [0.2, 0.25) is 0 Å². The number of aliphatic imine (C=N–C) groups is 1. The van der Waals surface area contributed by atoms with Crippen molar-refractivity contribution in [1.82, 2.24) is 0 Å². The molecule has 4 N–H and O–H groups in total. The van der Waals surface area contributed by atoms with Gasteiger partial charge < -0.3 is 15.3 Å². The van der Waals surface area contributed by atoms with E-state index in [-0.39, 0.29) is 12.5 Å². The molecule has 138 valence electrons. The lowest BCUT2D eigenvalue weighted by molar-refractivity contribution is -0.532. The highest BCUT2D eigenvalue weighted by Crippen LogP contribution is 2.31. The summed E-state index contributed by atoms with van der Waals surface area (Å²) in [5.74, 6) is 0.231. The first kappa shape index (κ1) is 18.1. The molecule has 0 aliphatic carbocycles. The SMILES string of the molecule is CC(=O)Nc1cc(N2CCCCC2)ccc1N=C1C=N[N+](CCO)=C1N. The summed E-state index contributed by atoms with van der Waals surface area (Å²) >= 11 is 0. The van der Waals surface area contributed by atoms with Gasteiger partial charge in [0.1, 0.15) is 12.8 Å². The topological polar surface area (TPSA) is 106 Å². The molecule has 2 heterocycles. The highest BCUT2D eigenvalue weighted by atomic mass is 16.3. The van der Waals surface area contributed by atoms with E-state index in [0.717, 1.165) is 18.8 Å². The van der Waals surface area contributed by atoms with Gasteiger partial charge in [-0.15, -0.1) is 4.68 Å². The first-order valence-electron chi connectivity index (χ1n) is 8.89. The number of hydrazone groups is 1. The molecule has 0 bridgehead atoms. The molecule has 0 saturated carbocycles. The van der Waals surface area contributed by atoms with E-state index in [1.54, 1.807) is 6.21 Å². The zero-order chi connectivity index (χ0) is 18.5. The highest BCUT2D eigenvalue weighted by molar-refractivity contribution is 6.62. The molecule has 1 aromatic rings. The summed E-state index contributed by atoms with van der Waals surface area (Å²) in [6.45, 7) is 3.79. The van der Waals surface area contributed by atoms with E-state index < -0.39 is 0 Å². The molecule has 2 aliphatic rings. The number of hydrogen-bond donors (Lipinski definition) is 3. The van der Waals surface area contributed by atoms with Crippen molar-refractivity contribution in [2.75, 3.05) is 36.5 Å². The molecule has 0 aromatic heterocycles. The van der Waals surface area contributed by atoms with Crippen molar-refractivity contribution in [1.29, 1.82) is 0 Å². The Hall–Kier alpha value is -2.74. The largest absolute Gasteiger partial charge is 0.392 e. The second-order valence-corrected chi connectivity index (χ2v) is 6.40. The van der Waals surface area contributed by atoms with Crippen LogP contribution in [0.5, 0.6) is 0 Å². The number of carbonyl (C=O) groups excluding carboxylic acids is 1. The molecule has 8 nitrogen and oxygen atoms in total. The molecule has 0 spiro atoms. The Balaban J connectivity index is 1.92. The summed E-state index contributed by atoms with van der Waals surface area (Å²) in [5.41, 5.74) is 8.89. The Morgan fingerprint density at radius 1 is 1.38 bits per heavy atom. The van der Waals surface area contributed by atoms with Crippen molar-refractivity contribution in [3.8, 4) is 0 Å². The number of aliphatic hydroxyl groups is 1. The number of carbonyl (C=O) groups is 1. The van der Waals surface area contributed by atoms with Crippen molar-refractivity contribution >= 4 is 40.7 Å². The van der Waals surface area contributed by atoms with Gasteiger partial charge in [-0.05, 0) is 37.5 Å². The lowest BCUT2D eigenvalue weighted by Crippen LogP contribution is -2.30. The van der Waals surface area contributed by atoms with E-state index >= 15 is 0 Å². The van der Waals surface area contributed by atoms with Crippen LogP contribution in [0.15, 0.2) is 28.3 Å². The van der Waals surface area contributed by atoms with Crippen LogP contribution in [-0.4, -0.2) is 59.7 Å². The highest BCUT2D eigenvalue weighted by Gasteiger charge is 2.22. The standard InChI is InChI=1S/C18H24N6O2/c1-13(26)21-16-11-14(23-7-3-2-4-8-23)5-6-15(16)22-17-12-20-24(9-10-25)18(17)19/h5-6,11-12,25H,2-4,7-10H2,1H3,(H2,19,20,21,26)/p+1. The molecular formula is C18H25N6O2+. The summed E-state index contributed by atoms with van der Waals surface area (Å²) in [6, 6.07) is 5.86. The Kier molecular flexibility index (Phi) is 5.62. The summed E-state index contributed by atoms with van der Waals surface area (Å²) in [4.78, 5) is 18.5. The van der Waals surface area contributed by atoms with Gasteiger partial charge in [-0.3, -0.25) is 10.5 Å². The summed E-state index contributed by atoms with van der Waals surface area (Å²) in [6.07, 6.45) is 5.19. The number of amides is 1. The number of nitrogens with two attached hydrogens (primary N) is 1. The van der Waals surface area contributed by atoms with Crippen LogP contribution in [0.4, 0.5) is 17.1 Å². The molecule has 1 aromatic carbocycles. The number of benzene rings is 1.